The molecule has 1 radical (unpaired) electrons. The maximum Gasteiger partial charge on any atom is 0.0840 e. The van der Waals surface area contributed by atoms with Crippen LogP contribution in [0.5, 0.6) is 0 Å². The van der Waals surface area contributed by atoms with Crippen LogP contribution in [0.4, 0.5) is 0 Å². The molecule has 1 nitrogen and oxygen atoms in total. The maximum absolute atomic E-state index is 5.68. The second kappa shape index (κ2) is 3.57. The van der Waals surface area contributed by atoms with E-state index >= 15 is 0 Å². The third kappa shape index (κ3) is 1.76. The van der Waals surface area contributed by atoms with Crippen LogP contribution in [-0.2, 0) is 4.74 Å². The average molecular weight is 153 g/mol. The van der Waals surface area contributed by atoms with Crippen LogP contribution in [-0.4, -0.2) is 6.10 Å². The molecule has 0 N–H and O–H groups in total. The van der Waals surface area contributed by atoms with Crippen molar-refractivity contribution in [2.24, 2.45) is 5.92 Å². The summed E-state index contributed by atoms with van der Waals surface area (Å²) in [7, 11) is 0. The SMILES string of the molecule is [CH]1CCCC2CCCCC2O1. The second-order valence-electron chi connectivity index (χ2n) is 3.82. The van der Waals surface area contributed by atoms with Gasteiger partial charge in [0.05, 0.1) is 12.7 Å². The fraction of sp³-hybridized carbons (Fsp3) is 0.900. The van der Waals surface area contributed by atoms with Crippen LogP contribution in [0.15, 0.2) is 0 Å². The van der Waals surface area contributed by atoms with E-state index in [2.05, 4.69) is 0 Å². The molecule has 1 saturated carbocycles. The van der Waals surface area contributed by atoms with Crippen molar-refractivity contribution in [3.8, 4) is 0 Å². The molecule has 2 atom stereocenters. The van der Waals surface area contributed by atoms with Crippen LogP contribution in [0.3, 0.4) is 0 Å². The van der Waals surface area contributed by atoms with Gasteiger partial charge in [0, 0.05) is 0 Å². The molecule has 1 saturated heterocycles. The van der Waals surface area contributed by atoms with E-state index in [1.807, 2.05) is 6.61 Å². The van der Waals surface area contributed by atoms with Crippen molar-refractivity contribution in [1.29, 1.82) is 0 Å². The Morgan fingerprint density at radius 2 is 1.82 bits per heavy atom. The summed E-state index contributed by atoms with van der Waals surface area (Å²) in [5, 5.41) is 0. The van der Waals surface area contributed by atoms with Crippen molar-refractivity contribution in [1.82, 2.24) is 0 Å². The Morgan fingerprint density at radius 3 is 2.82 bits per heavy atom. The van der Waals surface area contributed by atoms with E-state index in [0.29, 0.717) is 6.10 Å². The topological polar surface area (TPSA) is 9.23 Å². The Bertz CT molecular complexity index is 108. The molecule has 2 unspecified atom stereocenters. The Hall–Kier alpha value is -0.0400. The van der Waals surface area contributed by atoms with E-state index in [0.717, 1.165) is 5.92 Å². The van der Waals surface area contributed by atoms with E-state index in [4.69, 9.17) is 4.74 Å². The molecule has 1 aliphatic carbocycles. The van der Waals surface area contributed by atoms with Gasteiger partial charge in [0.15, 0.2) is 0 Å². The van der Waals surface area contributed by atoms with E-state index in [-0.39, 0.29) is 0 Å². The van der Waals surface area contributed by atoms with Crippen molar-refractivity contribution in [3.63, 3.8) is 0 Å². The quantitative estimate of drug-likeness (QED) is 0.520. The van der Waals surface area contributed by atoms with E-state index in [1.54, 1.807) is 0 Å². The summed E-state index contributed by atoms with van der Waals surface area (Å²) < 4.78 is 5.68. The van der Waals surface area contributed by atoms with Crippen LogP contribution in [0, 0.1) is 12.5 Å². The monoisotopic (exact) mass is 153 g/mol. The van der Waals surface area contributed by atoms with Gasteiger partial charge in [-0.1, -0.05) is 19.3 Å². The summed E-state index contributed by atoms with van der Waals surface area (Å²) in [4.78, 5) is 0. The van der Waals surface area contributed by atoms with Crippen LogP contribution in [0.1, 0.15) is 44.9 Å². The van der Waals surface area contributed by atoms with E-state index in [1.165, 1.54) is 44.9 Å². The van der Waals surface area contributed by atoms with Crippen molar-refractivity contribution in [2.45, 2.75) is 51.0 Å². The number of hydrogen-bond donors (Lipinski definition) is 0. The lowest BCUT2D eigenvalue weighted by Crippen LogP contribution is -2.25. The molecule has 1 heterocycles. The molecule has 0 aromatic heterocycles. The van der Waals surface area contributed by atoms with Gasteiger partial charge in [0.2, 0.25) is 0 Å². The maximum atomic E-state index is 5.68. The number of hydrogen-bond acceptors (Lipinski definition) is 1. The van der Waals surface area contributed by atoms with E-state index in [9.17, 15) is 0 Å². The van der Waals surface area contributed by atoms with Gasteiger partial charge in [0.1, 0.15) is 0 Å². The van der Waals surface area contributed by atoms with Gasteiger partial charge in [-0.25, -0.2) is 0 Å². The normalized spacial score (nSPS) is 39.3. The fourth-order valence-electron chi connectivity index (χ4n) is 2.34. The Balaban J connectivity index is 1.93. The van der Waals surface area contributed by atoms with Crippen LogP contribution in [0.2, 0.25) is 0 Å². The minimum absolute atomic E-state index is 0.589. The molecule has 0 bridgehead atoms. The standard InChI is InChI=1S/C10H17O/c1-2-7-10-9(5-1)6-3-4-8-11-10/h8-10H,1-7H2. The Morgan fingerprint density at radius 1 is 1.00 bits per heavy atom. The molecular formula is C10H17O. The fourth-order valence-corrected chi connectivity index (χ4v) is 2.34. The summed E-state index contributed by atoms with van der Waals surface area (Å²) in [6, 6.07) is 0. The molecule has 11 heavy (non-hydrogen) atoms. The van der Waals surface area contributed by atoms with Gasteiger partial charge in [-0.3, -0.25) is 0 Å². The van der Waals surface area contributed by atoms with Crippen molar-refractivity contribution >= 4 is 0 Å². The zero-order valence-electron chi connectivity index (χ0n) is 7.09. The summed E-state index contributed by atoms with van der Waals surface area (Å²) in [6.07, 6.45) is 10.1. The summed E-state index contributed by atoms with van der Waals surface area (Å²) >= 11 is 0. The lowest BCUT2D eigenvalue weighted by molar-refractivity contribution is 0.0352. The molecule has 1 heteroatoms. The summed E-state index contributed by atoms with van der Waals surface area (Å²) in [5.41, 5.74) is 0. The summed E-state index contributed by atoms with van der Waals surface area (Å²) in [5.74, 6) is 0.891. The first-order valence-corrected chi connectivity index (χ1v) is 4.94. The molecule has 2 aliphatic rings. The molecule has 0 aromatic rings. The molecule has 0 aromatic carbocycles. The van der Waals surface area contributed by atoms with Gasteiger partial charge >= 0.3 is 0 Å². The van der Waals surface area contributed by atoms with Gasteiger partial charge in [-0.15, -0.1) is 0 Å². The highest BCUT2D eigenvalue weighted by Crippen LogP contribution is 2.33. The largest absolute Gasteiger partial charge is 0.372 e. The number of rotatable bonds is 0. The highest BCUT2D eigenvalue weighted by molar-refractivity contribution is 4.79. The minimum Gasteiger partial charge on any atom is -0.372 e. The molecular weight excluding hydrogens is 136 g/mol. The minimum atomic E-state index is 0.589. The summed E-state index contributed by atoms with van der Waals surface area (Å²) in [6.45, 7) is 2.04. The van der Waals surface area contributed by atoms with Crippen LogP contribution >= 0.6 is 0 Å². The third-order valence-corrected chi connectivity index (χ3v) is 3.01. The second-order valence-corrected chi connectivity index (χ2v) is 3.82. The smallest absolute Gasteiger partial charge is 0.0840 e. The van der Waals surface area contributed by atoms with Crippen molar-refractivity contribution < 1.29 is 4.74 Å². The molecule has 2 fully saturated rings. The predicted molar refractivity (Wildman–Crippen MR) is 45.0 cm³/mol. The van der Waals surface area contributed by atoms with Crippen LogP contribution < -0.4 is 0 Å². The molecule has 0 amide bonds. The van der Waals surface area contributed by atoms with E-state index < -0.39 is 0 Å². The lowest BCUT2D eigenvalue weighted by Gasteiger charge is -2.29. The first-order chi connectivity index (χ1) is 5.47. The molecule has 63 valence electrons. The Labute approximate surface area is 69.1 Å². The molecule has 2 rings (SSSR count). The zero-order chi connectivity index (χ0) is 7.52. The first kappa shape index (κ1) is 7.60. The predicted octanol–water partition coefficient (Wildman–Crippen LogP) is 2.91. The van der Waals surface area contributed by atoms with Gasteiger partial charge in [-0.05, 0) is 31.6 Å². The van der Waals surface area contributed by atoms with Gasteiger partial charge in [-0.2, -0.15) is 0 Å². The molecule has 1 aliphatic heterocycles. The van der Waals surface area contributed by atoms with Gasteiger partial charge in [0.25, 0.3) is 0 Å². The highest BCUT2D eigenvalue weighted by atomic mass is 16.5. The lowest BCUT2D eigenvalue weighted by atomic mass is 9.84. The van der Waals surface area contributed by atoms with Crippen molar-refractivity contribution in [3.05, 3.63) is 6.61 Å². The van der Waals surface area contributed by atoms with Crippen LogP contribution in [0.25, 0.3) is 0 Å². The average Bonchev–Trinajstić information content (AvgIpc) is 2.28. The Kier molecular flexibility index (Phi) is 2.47. The zero-order valence-corrected chi connectivity index (χ0v) is 7.09. The highest BCUT2D eigenvalue weighted by Gasteiger charge is 2.26. The first-order valence-electron chi connectivity index (χ1n) is 4.94. The third-order valence-electron chi connectivity index (χ3n) is 3.01. The number of fused-ring (bicyclic) bond motifs is 1. The molecule has 0 spiro atoms. The van der Waals surface area contributed by atoms with Crippen molar-refractivity contribution in [2.75, 3.05) is 0 Å². The van der Waals surface area contributed by atoms with Gasteiger partial charge < -0.3 is 4.74 Å². The number of ether oxygens (including phenoxy) is 1.